The molecule has 0 unspecified atom stereocenters. The Morgan fingerprint density at radius 1 is 0.457 bits per heavy atom. The van der Waals surface area contributed by atoms with E-state index in [9.17, 15) is 5.11 Å². The van der Waals surface area contributed by atoms with Gasteiger partial charge in [0, 0.05) is 5.56 Å². The molecule has 1 heteroatoms. The third kappa shape index (κ3) is 15.0. The van der Waals surface area contributed by atoms with Crippen LogP contribution in [-0.2, 0) is 5.41 Å². The van der Waals surface area contributed by atoms with Gasteiger partial charge in [-0.05, 0) is 30.7 Å². The second-order valence-corrected chi connectivity index (χ2v) is 11.4. The van der Waals surface area contributed by atoms with Gasteiger partial charge in [0.05, 0.1) is 0 Å². The largest absolute Gasteiger partial charge is 0.508 e. The van der Waals surface area contributed by atoms with Crippen molar-refractivity contribution in [3.05, 3.63) is 29.8 Å². The number of phenolic OH excluding ortho intramolecular Hbond substituents is 1. The minimum Gasteiger partial charge on any atom is -0.508 e. The first-order chi connectivity index (χ1) is 17.2. The lowest BCUT2D eigenvalue weighted by Crippen LogP contribution is -2.26. The van der Waals surface area contributed by atoms with Gasteiger partial charge in [0.1, 0.15) is 5.75 Å². The molecule has 1 nitrogen and oxygen atoms in total. The Morgan fingerprint density at radius 3 is 1.20 bits per heavy atom. The molecule has 0 saturated heterocycles. The van der Waals surface area contributed by atoms with Gasteiger partial charge in [-0.1, -0.05) is 174 Å². The van der Waals surface area contributed by atoms with Crippen LogP contribution in [0, 0.1) is 0 Å². The molecule has 0 atom stereocenters. The summed E-state index contributed by atoms with van der Waals surface area (Å²) in [7, 11) is 0. The Hall–Kier alpha value is -0.980. The fraction of sp³-hybridized carbons (Fsp3) is 0.824. The molecular formula is C34H62O. The number of rotatable bonds is 25. The maximum Gasteiger partial charge on any atom is 0.119 e. The maximum atomic E-state index is 10.8. The summed E-state index contributed by atoms with van der Waals surface area (Å²) in [6.45, 7) is 6.92. The summed E-state index contributed by atoms with van der Waals surface area (Å²) in [6.07, 6.45) is 32.7. The Bertz CT molecular complexity index is 554. The van der Waals surface area contributed by atoms with E-state index < -0.39 is 0 Å². The van der Waals surface area contributed by atoms with Crippen LogP contribution in [-0.4, -0.2) is 5.11 Å². The molecular weight excluding hydrogens is 424 g/mol. The summed E-state index contributed by atoms with van der Waals surface area (Å²) in [6, 6.07) is 8.25. The number of hydrogen-bond acceptors (Lipinski definition) is 1. The highest BCUT2D eigenvalue weighted by atomic mass is 16.3. The van der Waals surface area contributed by atoms with Crippen molar-refractivity contribution in [3.8, 4) is 5.75 Å². The van der Waals surface area contributed by atoms with E-state index in [0.29, 0.717) is 5.75 Å². The second-order valence-electron chi connectivity index (χ2n) is 11.4. The Balaban J connectivity index is 2.46. The summed E-state index contributed by atoms with van der Waals surface area (Å²) in [5.74, 6) is 0.528. The predicted octanol–water partition coefficient (Wildman–Crippen LogP) is 12.1. The topological polar surface area (TPSA) is 20.2 Å². The summed E-state index contributed by atoms with van der Waals surface area (Å²) in [5.41, 5.74) is 1.40. The van der Waals surface area contributed by atoms with Crippen LogP contribution in [0.4, 0.5) is 0 Å². The van der Waals surface area contributed by atoms with Crippen LogP contribution in [0.3, 0.4) is 0 Å². The molecule has 204 valence electrons. The molecule has 1 aromatic rings. The SMILES string of the molecule is CCCCCCCCCCCCC(CCC)(CCCCCCCCCCCC)c1ccccc1O. The molecule has 0 aliphatic heterocycles. The zero-order valence-electron chi connectivity index (χ0n) is 24.2. The normalized spacial score (nSPS) is 11.9. The van der Waals surface area contributed by atoms with Crippen molar-refractivity contribution in [2.45, 2.75) is 180 Å². The number of para-hydroxylation sites is 1. The standard InChI is InChI=1S/C34H62O/c1-4-7-9-11-13-15-17-19-21-25-30-34(29-6-3,32-27-23-24-28-33(32)35)31-26-22-20-18-16-14-12-10-8-5-2/h23-24,27-28,35H,4-22,25-26,29-31H2,1-3H3. The fourth-order valence-corrected chi connectivity index (χ4v) is 6.08. The van der Waals surface area contributed by atoms with Crippen molar-refractivity contribution in [2.24, 2.45) is 0 Å². The Kier molecular flexibility index (Phi) is 20.4. The fourth-order valence-electron chi connectivity index (χ4n) is 6.08. The van der Waals surface area contributed by atoms with Crippen molar-refractivity contribution in [2.75, 3.05) is 0 Å². The number of phenols is 1. The van der Waals surface area contributed by atoms with Gasteiger partial charge in [0.25, 0.3) is 0 Å². The highest BCUT2D eigenvalue weighted by molar-refractivity contribution is 5.38. The zero-order chi connectivity index (χ0) is 25.5. The molecule has 0 fully saturated rings. The maximum absolute atomic E-state index is 10.8. The lowest BCUT2D eigenvalue weighted by molar-refractivity contribution is 0.296. The Morgan fingerprint density at radius 2 is 0.829 bits per heavy atom. The van der Waals surface area contributed by atoms with E-state index in [1.165, 1.54) is 160 Å². The van der Waals surface area contributed by atoms with Crippen LogP contribution in [0.25, 0.3) is 0 Å². The molecule has 0 spiro atoms. The van der Waals surface area contributed by atoms with Crippen molar-refractivity contribution in [1.82, 2.24) is 0 Å². The van der Waals surface area contributed by atoms with Crippen LogP contribution in [0.2, 0.25) is 0 Å². The molecule has 1 aromatic carbocycles. The van der Waals surface area contributed by atoms with Gasteiger partial charge in [0.2, 0.25) is 0 Å². The van der Waals surface area contributed by atoms with Crippen LogP contribution >= 0.6 is 0 Å². The van der Waals surface area contributed by atoms with Gasteiger partial charge in [-0.15, -0.1) is 0 Å². The minimum atomic E-state index is 0.167. The number of hydrogen-bond donors (Lipinski definition) is 1. The number of unbranched alkanes of at least 4 members (excludes halogenated alkanes) is 18. The average Bonchev–Trinajstić information content (AvgIpc) is 2.86. The number of aromatic hydroxyl groups is 1. The molecule has 0 amide bonds. The van der Waals surface area contributed by atoms with E-state index in [4.69, 9.17) is 0 Å². The summed E-state index contributed by atoms with van der Waals surface area (Å²) >= 11 is 0. The molecule has 0 aliphatic carbocycles. The van der Waals surface area contributed by atoms with Gasteiger partial charge in [-0.2, -0.15) is 0 Å². The first-order valence-corrected chi connectivity index (χ1v) is 16.0. The van der Waals surface area contributed by atoms with Gasteiger partial charge in [-0.25, -0.2) is 0 Å². The van der Waals surface area contributed by atoms with E-state index in [2.05, 4.69) is 32.9 Å². The van der Waals surface area contributed by atoms with Gasteiger partial charge in [0.15, 0.2) is 0 Å². The first-order valence-electron chi connectivity index (χ1n) is 16.0. The van der Waals surface area contributed by atoms with Gasteiger partial charge >= 0.3 is 0 Å². The monoisotopic (exact) mass is 486 g/mol. The van der Waals surface area contributed by atoms with Crippen LogP contribution in [0.5, 0.6) is 5.75 Å². The second kappa shape index (κ2) is 22.2. The van der Waals surface area contributed by atoms with E-state index in [1.807, 2.05) is 12.1 Å². The summed E-state index contributed by atoms with van der Waals surface area (Å²) in [5, 5.41) is 10.8. The predicted molar refractivity (Wildman–Crippen MR) is 158 cm³/mol. The minimum absolute atomic E-state index is 0.167. The highest BCUT2D eigenvalue weighted by Crippen LogP contribution is 2.43. The molecule has 0 aromatic heterocycles. The van der Waals surface area contributed by atoms with Crippen LogP contribution in [0.15, 0.2) is 24.3 Å². The number of benzene rings is 1. The average molecular weight is 487 g/mol. The molecule has 1 rings (SSSR count). The van der Waals surface area contributed by atoms with Crippen molar-refractivity contribution >= 4 is 0 Å². The van der Waals surface area contributed by atoms with Gasteiger partial charge < -0.3 is 5.11 Å². The summed E-state index contributed by atoms with van der Waals surface area (Å²) in [4.78, 5) is 0. The van der Waals surface area contributed by atoms with E-state index in [0.717, 1.165) is 0 Å². The zero-order valence-corrected chi connectivity index (χ0v) is 24.2. The van der Waals surface area contributed by atoms with Crippen LogP contribution < -0.4 is 0 Å². The summed E-state index contributed by atoms with van der Waals surface area (Å²) < 4.78 is 0. The van der Waals surface area contributed by atoms with E-state index in [1.54, 1.807) is 0 Å². The van der Waals surface area contributed by atoms with Gasteiger partial charge in [-0.3, -0.25) is 0 Å². The van der Waals surface area contributed by atoms with E-state index in [-0.39, 0.29) is 5.41 Å². The third-order valence-corrected chi connectivity index (χ3v) is 8.22. The molecule has 0 heterocycles. The molecule has 0 aliphatic rings. The lowest BCUT2D eigenvalue weighted by atomic mass is 9.69. The molecule has 1 N–H and O–H groups in total. The Labute approximate surface area is 220 Å². The van der Waals surface area contributed by atoms with Crippen molar-refractivity contribution in [3.63, 3.8) is 0 Å². The lowest BCUT2D eigenvalue weighted by Gasteiger charge is -2.35. The van der Waals surface area contributed by atoms with Crippen LogP contribution in [0.1, 0.15) is 180 Å². The first kappa shape index (κ1) is 32.0. The molecule has 0 saturated carbocycles. The molecule has 0 radical (unpaired) electrons. The van der Waals surface area contributed by atoms with Crippen molar-refractivity contribution < 1.29 is 5.11 Å². The van der Waals surface area contributed by atoms with E-state index >= 15 is 0 Å². The smallest absolute Gasteiger partial charge is 0.119 e. The molecule has 0 bridgehead atoms. The molecule has 35 heavy (non-hydrogen) atoms. The van der Waals surface area contributed by atoms with Crippen molar-refractivity contribution in [1.29, 1.82) is 0 Å². The highest BCUT2D eigenvalue weighted by Gasteiger charge is 2.32. The third-order valence-electron chi connectivity index (χ3n) is 8.22. The quantitative estimate of drug-likeness (QED) is 0.136.